The number of benzene rings is 8. The molecule has 0 aliphatic carbocycles. The molecule has 0 unspecified atom stereocenters. The van der Waals surface area contributed by atoms with Gasteiger partial charge in [-0.3, -0.25) is 0 Å². The summed E-state index contributed by atoms with van der Waals surface area (Å²) in [5.41, 5.74) is 10.7. The summed E-state index contributed by atoms with van der Waals surface area (Å²) in [6, 6.07) is 68.1. The van der Waals surface area contributed by atoms with Gasteiger partial charge in [-0.25, -0.2) is 15.0 Å². The molecule has 4 heteroatoms. The van der Waals surface area contributed by atoms with Crippen LogP contribution in [-0.2, 0) is 0 Å². The maximum atomic E-state index is 5.25. The van der Waals surface area contributed by atoms with Crippen LogP contribution in [0.4, 0.5) is 0 Å². The predicted molar refractivity (Wildman–Crippen MR) is 219 cm³/mol. The molecular weight excluding hydrogens is 645 g/mol. The first-order valence-electron chi connectivity index (χ1n) is 17.9. The highest BCUT2D eigenvalue weighted by atomic mass is 15.0. The molecule has 0 radical (unpaired) electrons. The lowest BCUT2D eigenvalue weighted by Gasteiger charge is -2.16. The number of para-hydroxylation sites is 2. The van der Waals surface area contributed by atoms with Crippen LogP contribution >= 0.6 is 0 Å². The number of aromatic nitrogens is 4. The Labute approximate surface area is 307 Å². The van der Waals surface area contributed by atoms with Gasteiger partial charge in [0.15, 0.2) is 17.5 Å². The van der Waals surface area contributed by atoms with Gasteiger partial charge in [0.05, 0.1) is 16.7 Å². The standard InChI is InChI=1S/C49H32N4/c1-3-15-33(16-4-1)36-21-13-22-37(31-36)47-50-48(52-49(51-47)43-26-14-20-34-19-7-8-23-39(34)43)38-29-30-40(35-17-5-2-6-18-35)46(32-38)53-44-27-11-9-24-41(44)42-25-10-12-28-45(42)53/h1-32H. The van der Waals surface area contributed by atoms with E-state index in [1.54, 1.807) is 0 Å². The van der Waals surface area contributed by atoms with Crippen LogP contribution < -0.4 is 0 Å². The lowest BCUT2D eigenvalue weighted by molar-refractivity contribution is 1.07. The van der Waals surface area contributed by atoms with Crippen molar-refractivity contribution in [1.82, 2.24) is 19.5 Å². The van der Waals surface area contributed by atoms with Gasteiger partial charge in [-0.05, 0) is 51.7 Å². The molecule has 53 heavy (non-hydrogen) atoms. The Morgan fingerprint density at radius 2 is 0.811 bits per heavy atom. The second kappa shape index (κ2) is 12.9. The Hall–Kier alpha value is -7.17. The summed E-state index contributed by atoms with van der Waals surface area (Å²) in [5.74, 6) is 1.88. The van der Waals surface area contributed by atoms with Crippen LogP contribution in [0.15, 0.2) is 194 Å². The predicted octanol–water partition coefficient (Wildman–Crippen LogP) is 12.5. The zero-order chi connectivity index (χ0) is 35.1. The molecule has 0 amide bonds. The largest absolute Gasteiger partial charge is 0.309 e. The maximum Gasteiger partial charge on any atom is 0.164 e. The smallest absolute Gasteiger partial charge is 0.164 e. The summed E-state index contributed by atoms with van der Waals surface area (Å²) in [7, 11) is 0. The normalized spacial score (nSPS) is 11.4. The molecule has 2 heterocycles. The molecule has 0 saturated carbocycles. The summed E-state index contributed by atoms with van der Waals surface area (Å²) < 4.78 is 2.38. The minimum Gasteiger partial charge on any atom is -0.309 e. The van der Waals surface area contributed by atoms with Crippen molar-refractivity contribution in [3.05, 3.63) is 194 Å². The van der Waals surface area contributed by atoms with E-state index in [0.717, 1.165) is 66.4 Å². The van der Waals surface area contributed by atoms with Gasteiger partial charge in [-0.1, -0.05) is 170 Å². The summed E-state index contributed by atoms with van der Waals surface area (Å²) in [5, 5.41) is 4.67. The van der Waals surface area contributed by atoms with Gasteiger partial charge in [0.1, 0.15) is 0 Å². The molecule has 4 nitrogen and oxygen atoms in total. The van der Waals surface area contributed by atoms with E-state index in [9.17, 15) is 0 Å². The summed E-state index contributed by atoms with van der Waals surface area (Å²) in [6.45, 7) is 0. The molecule has 0 atom stereocenters. The van der Waals surface area contributed by atoms with Gasteiger partial charge < -0.3 is 4.57 Å². The van der Waals surface area contributed by atoms with Crippen molar-refractivity contribution in [2.75, 3.05) is 0 Å². The Morgan fingerprint density at radius 3 is 1.53 bits per heavy atom. The highest BCUT2D eigenvalue weighted by molar-refractivity contribution is 6.10. The maximum absolute atomic E-state index is 5.25. The fourth-order valence-electron chi connectivity index (χ4n) is 7.54. The van der Waals surface area contributed by atoms with Crippen molar-refractivity contribution in [1.29, 1.82) is 0 Å². The number of rotatable bonds is 6. The molecule has 0 aliphatic heterocycles. The Bertz CT molecular complexity index is 2890. The van der Waals surface area contributed by atoms with Crippen LogP contribution in [0.25, 0.3) is 94.7 Å². The number of hydrogen-bond donors (Lipinski definition) is 0. The monoisotopic (exact) mass is 676 g/mol. The molecule has 0 fully saturated rings. The van der Waals surface area contributed by atoms with Crippen molar-refractivity contribution < 1.29 is 0 Å². The Kier molecular flexibility index (Phi) is 7.43. The van der Waals surface area contributed by atoms with Gasteiger partial charge in [0.2, 0.25) is 0 Å². The minimum absolute atomic E-state index is 0.615. The zero-order valence-corrected chi connectivity index (χ0v) is 28.8. The third-order valence-corrected chi connectivity index (χ3v) is 10.1. The van der Waals surface area contributed by atoms with Crippen molar-refractivity contribution in [2.24, 2.45) is 0 Å². The molecule has 0 aliphatic rings. The van der Waals surface area contributed by atoms with Crippen LogP contribution in [-0.4, -0.2) is 19.5 Å². The van der Waals surface area contributed by atoms with E-state index in [1.165, 1.54) is 10.8 Å². The lowest BCUT2D eigenvalue weighted by Crippen LogP contribution is -2.02. The van der Waals surface area contributed by atoms with Gasteiger partial charge in [0, 0.05) is 33.0 Å². The van der Waals surface area contributed by atoms with E-state index in [1.807, 2.05) is 6.07 Å². The molecule has 0 bridgehead atoms. The summed E-state index contributed by atoms with van der Waals surface area (Å²) in [6.07, 6.45) is 0. The molecule has 0 spiro atoms. The van der Waals surface area contributed by atoms with E-state index in [4.69, 9.17) is 15.0 Å². The van der Waals surface area contributed by atoms with E-state index >= 15 is 0 Å². The quantitative estimate of drug-likeness (QED) is 0.176. The number of fused-ring (bicyclic) bond motifs is 4. The van der Waals surface area contributed by atoms with E-state index < -0.39 is 0 Å². The lowest BCUT2D eigenvalue weighted by atomic mass is 10.00. The van der Waals surface area contributed by atoms with E-state index in [2.05, 4.69) is 193 Å². The average Bonchev–Trinajstić information content (AvgIpc) is 3.58. The van der Waals surface area contributed by atoms with Crippen molar-refractivity contribution in [3.8, 4) is 62.1 Å². The first-order chi connectivity index (χ1) is 26.3. The zero-order valence-electron chi connectivity index (χ0n) is 28.8. The third kappa shape index (κ3) is 5.45. The molecule has 248 valence electrons. The van der Waals surface area contributed by atoms with Crippen LogP contribution in [0.1, 0.15) is 0 Å². The van der Waals surface area contributed by atoms with Crippen molar-refractivity contribution >= 4 is 32.6 Å². The highest BCUT2D eigenvalue weighted by Crippen LogP contribution is 2.39. The summed E-state index contributed by atoms with van der Waals surface area (Å²) in [4.78, 5) is 15.7. The third-order valence-electron chi connectivity index (χ3n) is 10.1. The average molecular weight is 677 g/mol. The molecule has 10 rings (SSSR count). The first kappa shape index (κ1) is 30.6. The molecule has 10 aromatic rings. The van der Waals surface area contributed by atoms with Crippen LogP contribution in [0.3, 0.4) is 0 Å². The number of nitrogens with zero attached hydrogens (tertiary/aromatic N) is 4. The van der Waals surface area contributed by atoms with Crippen LogP contribution in [0.5, 0.6) is 0 Å². The van der Waals surface area contributed by atoms with Gasteiger partial charge in [-0.15, -0.1) is 0 Å². The van der Waals surface area contributed by atoms with Crippen molar-refractivity contribution in [2.45, 2.75) is 0 Å². The van der Waals surface area contributed by atoms with Gasteiger partial charge >= 0.3 is 0 Å². The first-order valence-corrected chi connectivity index (χ1v) is 17.9. The Balaban J connectivity index is 1.23. The topological polar surface area (TPSA) is 43.6 Å². The van der Waals surface area contributed by atoms with E-state index in [0.29, 0.717) is 17.5 Å². The molecule has 0 saturated heterocycles. The fraction of sp³-hybridized carbons (Fsp3) is 0. The second-order valence-electron chi connectivity index (χ2n) is 13.2. The fourth-order valence-corrected chi connectivity index (χ4v) is 7.54. The molecule has 2 aromatic heterocycles. The second-order valence-corrected chi connectivity index (χ2v) is 13.2. The molecule has 0 N–H and O–H groups in total. The van der Waals surface area contributed by atoms with Gasteiger partial charge in [-0.2, -0.15) is 0 Å². The minimum atomic E-state index is 0.615. The van der Waals surface area contributed by atoms with E-state index in [-0.39, 0.29) is 0 Å². The number of hydrogen-bond acceptors (Lipinski definition) is 3. The molecule has 8 aromatic carbocycles. The molecular formula is C49H32N4. The van der Waals surface area contributed by atoms with Crippen molar-refractivity contribution in [3.63, 3.8) is 0 Å². The summed E-state index contributed by atoms with van der Waals surface area (Å²) >= 11 is 0. The van der Waals surface area contributed by atoms with Crippen LogP contribution in [0.2, 0.25) is 0 Å². The van der Waals surface area contributed by atoms with Gasteiger partial charge in [0.25, 0.3) is 0 Å². The SMILES string of the molecule is c1ccc(-c2cccc(-c3nc(-c4ccc(-c5ccccc5)c(-n5c6ccccc6c6ccccc65)c4)nc(-c4cccc5ccccc45)n3)c2)cc1. The Morgan fingerprint density at radius 1 is 0.302 bits per heavy atom. The van der Waals surface area contributed by atoms with Crippen LogP contribution in [0, 0.1) is 0 Å². The highest BCUT2D eigenvalue weighted by Gasteiger charge is 2.19.